The molecule has 1 saturated heterocycles. The molecule has 1 aromatic heterocycles. The van der Waals surface area contributed by atoms with Gasteiger partial charge in [-0.05, 0) is 38.5 Å². The lowest BCUT2D eigenvalue weighted by atomic mass is 9.95. The number of carbonyl (C=O) groups excluding carboxylic acids is 2. The third kappa shape index (κ3) is 3.83. The van der Waals surface area contributed by atoms with Gasteiger partial charge in [0.25, 0.3) is 5.91 Å². The molecule has 1 fully saturated rings. The van der Waals surface area contributed by atoms with Gasteiger partial charge >= 0.3 is 0 Å². The Morgan fingerprint density at radius 1 is 1.41 bits per heavy atom. The molecule has 8 heteroatoms. The minimum Gasteiger partial charge on any atom is -0.322 e. The van der Waals surface area contributed by atoms with Crippen LogP contribution in [0.3, 0.4) is 0 Å². The monoisotopic (exact) mass is 366 g/mol. The van der Waals surface area contributed by atoms with E-state index in [1.54, 1.807) is 28.9 Å². The van der Waals surface area contributed by atoms with Crippen molar-refractivity contribution in [2.75, 3.05) is 5.32 Å². The van der Waals surface area contributed by atoms with Gasteiger partial charge in [0, 0.05) is 17.7 Å². The molecule has 3 rings (SSSR count). The maximum absolute atomic E-state index is 12.6. The van der Waals surface area contributed by atoms with Crippen LogP contribution in [0.1, 0.15) is 48.2 Å². The SMILES string of the molecule is CCC1C(=O)NC(n2nc(C)cc2NC(=O)c2cccc(C#N)c2)NC1C. The fourth-order valence-electron chi connectivity index (χ4n) is 3.27. The van der Waals surface area contributed by atoms with E-state index in [4.69, 9.17) is 5.26 Å². The molecular formula is C19H22N6O2. The van der Waals surface area contributed by atoms with Crippen LogP contribution in [-0.4, -0.2) is 27.6 Å². The Morgan fingerprint density at radius 2 is 2.19 bits per heavy atom. The maximum Gasteiger partial charge on any atom is 0.256 e. The molecule has 0 radical (unpaired) electrons. The number of nitrogens with zero attached hydrogens (tertiary/aromatic N) is 3. The van der Waals surface area contributed by atoms with Gasteiger partial charge in [0.2, 0.25) is 5.91 Å². The Morgan fingerprint density at radius 3 is 2.85 bits per heavy atom. The first-order valence-corrected chi connectivity index (χ1v) is 8.87. The third-order valence-corrected chi connectivity index (χ3v) is 4.68. The predicted molar refractivity (Wildman–Crippen MR) is 99.6 cm³/mol. The molecule has 1 aliphatic rings. The molecule has 0 bridgehead atoms. The second-order valence-electron chi connectivity index (χ2n) is 6.64. The lowest BCUT2D eigenvalue weighted by Crippen LogP contribution is -2.57. The topological polar surface area (TPSA) is 112 Å². The maximum atomic E-state index is 12.6. The second kappa shape index (κ2) is 7.60. The lowest BCUT2D eigenvalue weighted by Gasteiger charge is -2.35. The van der Waals surface area contributed by atoms with Crippen molar-refractivity contribution in [2.24, 2.45) is 5.92 Å². The Hall–Kier alpha value is -3.18. The number of amides is 2. The van der Waals surface area contributed by atoms with Gasteiger partial charge in [-0.3, -0.25) is 14.9 Å². The number of carbonyl (C=O) groups is 2. The largest absolute Gasteiger partial charge is 0.322 e. The van der Waals surface area contributed by atoms with E-state index in [9.17, 15) is 9.59 Å². The van der Waals surface area contributed by atoms with Gasteiger partial charge in [0.1, 0.15) is 5.82 Å². The third-order valence-electron chi connectivity index (χ3n) is 4.68. The van der Waals surface area contributed by atoms with E-state index in [0.717, 1.165) is 6.42 Å². The fraction of sp³-hybridized carbons (Fsp3) is 0.368. The van der Waals surface area contributed by atoms with Crippen LogP contribution in [0.25, 0.3) is 0 Å². The summed E-state index contributed by atoms with van der Waals surface area (Å²) in [5.74, 6) is -0.0414. The number of aryl methyl sites for hydroxylation is 1. The number of nitriles is 1. The molecule has 2 amide bonds. The van der Waals surface area contributed by atoms with E-state index < -0.39 is 6.29 Å². The van der Waals surface area contributed by atoms with Crippen LogP contribution >= 0.6 is 0 Å². The Bertz CT molecular complexity index is 913. The molecule has 1 aliphatic heterocycles. The summed E-state index contributed by atoms with van der Waals surface area (Å²) in [6.07, 6.45) is 0.189. The number of hydrogen-bond donors (Lipinski definition) is 3. The van der Waals surface area contributed by atoms with Crippen LogP contribution in [-0.2, 0) is 4.79 Å². The van der Waals surface area contributed by atoms with Crippen LogP contribution in [0.4, 0.5) is 5.82 Å². The van der Waals surface area contributed by atoms with Crippen molar-refractivity contribution in [3.63, 3.8) is 0 Å². The smallest absolute Gasteiger partial charge is 0.256 e. The Kier molecular flexibility index (Phi) is 5.23. The molecule has 3 N–H and O–H groups in total. The highest BCUT2D eigenvalue weighted by atomic mass is 16.2. The highest BCUT2D eigenvalue weighted by molar-refractivity contribution is 6.04. The summed E-state index contributed by atoms with van der Waals surface area (Å²) in [5, 5.41) is 22.4. The summed E-state index contributed by atoms with van der Waals surface area (Å²) in [5.41, 5.74) is 1.49. The van der Waals surface area contributed by atoms with Crippen molar-refractivity contribution in [3.8, 4) is 6.07 Å². The molecule has 0 aliphatic carbocycles. The standard InChI is InChI=1S/C19H22N6O2/c1-4-15-12(3)21-19(23-18(15)27)25-16(8-11(2)24-25)22-17(26)14-7-5-6-13(9-14)10-20/h5-9,12,15,19,21H,4H2,1-3H3,(H,22,26)(H,23,27). The number of benzene rings is 1. The first-order chi connectivity index (χ1) is 12.9. The fourth-order valence-corrected chi connectivity index (χ4v) is 3.27. The molecule has 1 aromatic carbocycles. The highest BCUT2D eigenvalue weighted by Gasteiger charge is 2.34. The van der Waals surface area contributed by atoms with Crippen molar-refractivity contribution in [1.29, 1.82) is 5.26 Å². The number of hydrogen-bond acceptors (Lipinski definition) is 5. The molecular weight excluding hydrogens is 344 g/mol. The zero-order chi connectivity index (χ0) is 19.6. The summed E-state index contributed by atoms with van der Waals surface area (Å²) in [6, 6.07) is 10.2. The summed E-state index contributed by atoms with van der Waals surface area (Å²) in [4.78, 5) is 24.9. The van der Waals surface area contributed by atoms with Crippen molar-refractivity contribution >= 4 is 17.6 Å². The van der Waals surface area contributed by atoms with Crippen molar-refractivity contribution in [3.05, 3.63) is 47.2 Å². The predicted octanol–water partition coefficient (Wildman–Crippen LogP) is 1.91. The van der Waals surface area contributed by atoms with E-state index in [0.29, 0.717) is 22.6 Å². The number of nitrogens with one attached hydrogen (secondary N) is 3. The van der Waals surface area contributed by atoms with Gasteiger partial charge in [-0.15, -0.1) is 0 Å². The molecule has 3 atom stereocenters. The van der Waals surface area contributed by atoms with Crippen molar-refractivity contribution in [2.45, 2.75) is 39.5 Å². The minimum atomic E-state index is -0.551. The van der Waals surface area contributed by atoms with Gasteiger partial charge in [-0.1, -0.05) is 13.0 Å². The van der Waals surface area contributed by atoms with Gasteiger partial charge in [0.05, 0.1) is 23.2 Å². The van der Waals surface area contributed by atoms with E-state index in [1.165, 1.54) is 6.07 Å². The summed E-state index contributed by atoms with van der Waals surface area (Å²) in [7, 11) is 0. The van der Waals surface area contributed by atoms with Gasteiger partial charge in [-0.2, -0.15) is 10.4 Å². The van der Waals surface area contributed by atoms with Gasteiger partial charge in [-0.25, -0.2) is 4.68 Å². The summed E-state index contributed by atoms with van der Waals surface area (Å²) in [6.45, 7) is 5.75. The number of aromatic nitrogens is 2. The molecule has 2 heterocycles. The lowest BCUT2D eigenvalue weighted by molar-refractivity contribution is -0.130. The second-order valence-corrected chi connectivity index (χ2v) is 6.64. The molecule has 8 nitrogen and oxygen atoms in total. The van der Waals surface area contributed by atoms with Gasteiger partial charge < -0.3 is 10.6 Å². The van der Waals surface area contributed by atoms with Crippen LogP contribution in [0.2, 0.25) is 0 Å². The van der Waals surface area contributed by atoms with Crippen LogP contribution in [0.15, 0.2) is 30.3 Å². The van der Waals surface area contributed by atoms with E-state index in [2.05, 4.69) is 21.0 Å². The quantitative estimate of drug-likeness (QED) is 0.765. The highest BCUT2D eigenvalue weighted by Crippen LogP contribution is 2.21. The molecule has 27 heavy (non-hydrogen) atoms. The van der Waals surface area contributed by atoms with Crippen LogP contribution in [0.5, 0.6) is 0 Å². The van der Waals surface area contributed by atoms with E-state index >= 15 is 0 Å². The zero-order valence-corrected chi connectivity index (χ0v) is 15.5. The molecule has 2 aromatic rings. The number of rotatable bonds is 4. The van der Waals surface area contributed by atoms with Crippen LogP contribution in [0, 0.1) is 24.2 Å². The first kappa shape index (κ1) is 18.6. The molecule has 140 valence electrons. The summed E-state index contributed by atoms with van der Waals surface area (Å²) < 4.78 is 1.56. The molecule has 0 saturated carbocycles. The Labute approximate surface area is 157 Å². The first-order valence-electron chi connectivity index (χ1n) is 8.87. The van der Waals surface area contributed by atoms with Gasteiger partial charge in [0.15, 0.2) is 6.29 Å². The average Bonchev–Trinajstić information content (AvgIpc) is 3.01. The van der Waals surface area contributed by atoms with E-state index in [1.807, 2.05) is 26.8 Å². The Balaban J connectivity index is 1.83. The van der Waals surface area contributed by atoms with Crippen molar-refractivity contribution in [1.82, 2.24) is 20.4 Å². The average molecular weight is 366 g/mol. The normalized spacial score (nSPS) is 22.0. The number of anilines is 1. The summed E-state index contributed by atoms with van der Waals surface area (Å²) >= 11 is 0. The van der Waals surface area contributed by atoms with Crippen LogP contribution < -0.4 is 16.0 Å². The zero-order valence-electron chi connectivity index (χ0n) is 15.5. The minimum absolute atomic E-state index is 0.0193. The molecule has 0 spiro atoms. The van der Waals surface area contributed by atoms with Crippen molar-refractivity contribution < 1.29 is 9.59 Å². The van der Waals surface area contributed by atoms with E-state index in [-0.39, 0.29) is 23.8 Å². The molecule has 3 unspecified atom stereocenters.